The highest BCUT2D eigenvalue weighted by Gasteiger charge is 2.74. The number of para-hydroxylation sites is 1. The maximum Gasteiger partial charge on any atom is 0.250 e. The van der Waals surface area contributed by atoms with E-state index < -0.39 is 23.3 Å². The van der Waals surface area contributed by atoms with Crippen LogP contribution < -0.4 is 15.0 Å². The molecule has 9 heteroatoms. The standard InChI is InChI=1S/C23H19Cl2N3O4/c1-32-16-8-7-11(24)10-15(16)28-20(29)17-14-6-3-9-27(14)23(18(17)21(28)30)12-4-2-5-13(25)19(12)26-22(23)31/h2,4-5,7-8,10,14,17-18H,3,6,9H2,1H3,(H,26,31). The molecule has 0 saturated carbocycles. The van der Waals surface area contributed by atoms with Gasteiger partial charge in [-0.15, -0.1) is 0 Å². The van der Waals surface area contributed by atoms with E-state index in [4.69, 9.17) is 27.9 Å². The minimum atomic E-state index is -1.26. The predicted molar refractivity (Wildman–Crippen MR) is 119 cm³/mol. The summed E-state index contributed by atoms with van der Waals surface area (Å²) in [6.45, 7) is 0.637. The lowest BCUT2D eigenvalue weighted by molar-refractivity contribution is -0.135. The second-order valence-electron chi connectivity index (χ2n) is 8.62. The highest BCUT2D eigenvalue weighted by atomic mass is 35.5. The first kappa shape index (κ1) is 20.0. The first-order valence-electron chi connectivity index (χ1n) is 10.5. The molecule has 0 radical (unpaired) electrons. The lowest BCUT2D eigenvalue weighted by Gasteiger charge is -2.36. The molecule has 1 spiro atoms. The zero-order valence-corrected chi connectivity index (χ0v) is 18.6. The number of carbonyl (C=O) groups is 3. The van der Waals surface area contributed by atoms with E-state index in [-0.39, 0.29) is 17.9 Å². The van der Waals surface area contributed by atoms with Crippen LogP contribution in [0.5, 0.6) is 5.75 Å². The second-order valence-corrected chi connectivity index (χ2v) is 9.46. The van der Waals surface area contributed by atoms with Gasteiger partial charge in [0.05, 0.1) is 35.3 Å². The summed E-state index contributed by atoms with van der Waals surface area (Å²) in [6, 6.07) is 9.92. The summed E-state index contributed by atoms with van der Waals surface area (Å²) in [6.07, 6.45) is 1.59. The van der Waals surface area contributed by atoms with Gasteiger partial charge in [-0.25, -0.2) is 4.90 Å². The van der Waals surface area contributed by atoms with Gasteiger partial charge in [-0.05, 0) is 43.7 Å². The van der Waals surface area contributed by atoms with Gasteiger partial charge in [0.1, 0.15) is 11.3 Å². The van der Waals surface area contributed by atoms with Gasteiger partial charge < -0.3 is 10.1 Å². The number of halogens is 2. The molecule has 32 heavy (non-hydrogen) atoms. The number of rotatable bonds is 2. The van der Waals surface area contributed by atoms with Crippen molar-refractivity contribution >= 4 is 52.3 Å². The topological polar surface area (TPSA) is 79.0 Å². The molecule has 4 unspecified atom stereocenters. The lowest BCUT2D eigenvalue weighted by Crippen LogP contribution is -2.54. The van der Waals surface area contributed by atoms with Crippen molar-refractivity contribution in [1.82, 2.24) is 4.90 Å². The quantitative estimate of drug-likeness (QED) is 0.678. The number of nitrogens with one attached hydrogen (secondary N) is 1. The van der Waals surface area contributed by atoms with Crippen LogP contribution in [0.3, 0.4) is 0 Å². The third kappa shape index (κ3) is 2.23. The molecular formula is C23H19Cl2N3O4. The summed E-state index contributed by atoms with van der Waals surface area (Å²) in [5, 5.41) is 3.70. The van der Waals surface area contributed by atoms with Gasteiger partial charge in [0, 0.05) is 16.6 Å². The van der Waals surface area contributed by atoms with Crippen LogP contribution in [0.1, 0.15) is 18.4 Å². The molecule has 0 aliphatic carbocycles. The van der Waals surface area contributed by atoms with Crippen LogP contribution in [0.2, 0.25) is 10.0 Å². The van der Waals surface area contributed by atoms with E-state index in [0.717, 1.165) is 17.7 Å². The van der Waals surface area contributed by atoms with E-state index in [2.05, 4.69) is 10.2 Å². The van der Waals surface area contributed by atoms with Crippen LogP contribution in [0, 0.1) is 11.8 Å². The number of benzene rings is 2. The summed E-state index contributed by atoms with van der Waals surface area (Å²) in [4.78, 5) is 44.6. The number of hydrogen-bond acceptors (Lipinski definition) is 5. The fourth-order valence-corrected chi connectivity index (χ4v) is 6.66. The largest absolute Gasteiger partial charge is 0.495 e. The first-order chi connectivity index (χ1) is 15.4. The average Bonchev–Trinajstić information content (AvgIpc) is 3.47. The fourth-order valence-electron chi connectivity index (χ4n) is 6.27. The number of hydrogen-bond donors (Lipinski definition) is 1. The van der Waals surface area contributed by atoms with Crippen LogP contribution in [0.4, 0.5) is 11.4 Å². The van der Waals surface area contributed by atoms with Crippen molar-refractivity contribution in [1.29, 1.82) is 0 Å². The summed E-state index contributed by atoms with van der Waals surface area (Å²) in [5.74, 6) is -2.17. The zero-order chi connectivity index (χ0) is 22.4. The minimum Gasteiger partial charge on any atom is -0.495 e. The Labute approximate surface area is 194 Å². The first-order valence-corrected chi connectivity index (χ1v) is 11.3. The summed E-state index contributed by atoms with van der Waals surface area (Å²) >= 11 is 12.6. The summed E-state index contributed by atoms with van der Waals surface area (Å²) in [7, 11) is 1.47. The number of fused-ring (bicyclic) bond motifs is 7. The Morgan fingerprint density at radius 3 is 2.72 bits per heavy atom. The molecule has 164 valence electrons. The van der Waals surface area contributed by atoms with E-state index in [0.29, 0.717) is 39.3 Å². The maximum atomic E-state index is 14.0. The van der Waals surface area contributed by atoms with Crippen molar-refractivity contribution in [2.24, 2.45) is 11.8 Å². The van der Waals surface area contributed by atoms with Crippen molar-refractivity contribution in [2.75, 3.05) is 23.9 Å². The Morgan fingerprint density at radius 2 is 1.94 bits per heavy atom. The molecule has 0 aromatic heterocycles. The van der Waals surface area contributed by atoms with Gasteiger partial charge in [-0.1, -0.05) is 35.3 Å². The van der Waals surface area contributed by atoms with Crippen LogP contribution in [-0.4, -0.2) is 42.3 Å². The Kier molecular flexibility index (Phi) is 4.19. The van der Waals surface area contributed by atoms with E-state index in [1.165, 1.54) is 7.11 Å². The fraction of sp³-hybridized carbons (Fsp3) is 0.348. The van der Waals surface area contributed by atoms with Gasteiger partial charge in [0.2, 0.25) is 11.8 Å². The van der Waals surface area contributed by atoms with Crippen molar-refractivity contribution < 1.29 is 19.1 Å². The van der Waals surface area contributed by atoms with E-state index in [1.54, 1.807) is 30.3 Å². The molecule has 3 saturated heterocycles. The zero-order valence-electron chi connectivity index (χ0n) is 17.1. The van der Waals surface area contributed by atoms with Gasteiger partial charge in [-0.2, -0.15) is 0 Å². The predicted octanol–water partition coefficient (Wildman–Crippen LogP) is 3.43. The Morgan fingerprint density at radius 1 is 1.12 bits per heavy atom. The number of anilines is 2. The lowest BCUT2D eigenvalue weighted by atomic mass is 9.75. The highest BCUT2D eigenvalue weighted by molar-refractivity contribution is 6.35. The molecule has 4 heterocycles. The van der Waals surface area contributed by atoms with E-state index >= 15 is 0 Å². The van der Waals surface area contributed by atoms with E-state index in [9.17, 15) is 14.4 Å². The molecule has 4 aliphatic heterocycles. The van der Waals surface area contributed by atoms with Gasteiger partial charge in [0.15, 0.2) is 0 Å². The van der Waals surface area contributed by atoms with Crippen molar-refractivity contribution in [3.63, 3.8) is 0 Å². The third-order valence-electron chi connectivity index (χ3n) is 7.36. The molecule has 4 atom stereocenters. The molecule has 2 aromatic carbocycles. The monoisotopic (exact) mass is 471 g/mol. The second kappa shape index (κ2) is 6.70. The molecule has 1 N–H and O–H groups in total. The van der Waals surface area contributed by atoms with Crippen LogP contribution in [-0.2, 0) is 19.9 Å². The molecule has 7 nitrogen and oxygen atoms in total. The number of amides is 3. The molecule has 6 rings (SSSR count). The summed E-state index contributed by atoms with van der Waals surface area (Å²) in [5.41, 5.74) is 0.216. The Balaban J connectivity index is 1.57. The molecule has 0 bridgehead atoms. The van der Waals surface area contributed by atoms with Crippen LogP contribution in [0.25, 0.3) is 0 Å². The number of ether oxygens (including phenoxy) is 1. The number of methoxy groups -OCH3 is 1. The summed E-state index contributed by atoms with van der Waals surface area (Å²) < 4.78 is 5.42. The number of nitrogens with zero attached hydrogens (tertiary/aromatic N) is 2. The van der Waals surface area contributed by atoms with Crippen molar-refractivity contribution in [2.45, 2.75) is 24.4 Å². The SMILES string of the molecule is COc1ccc(Cl)cc1N1C(=O)C2C3CCCN3C3(C(=O)Nc4c(Cl)cccc43)C2C1=O. The highest BCUT2D eigenvalue weighted by Crippen LogP contribution is 2.61. The van der Waals surface area contributed by atoms with E-state index in [1.807, 2.05) is 6.07 Å². The van der Waals surface area contributed by atoms with Crippen LogP contribution >= 0.6 is 23.2 Å². The van der Waals surface area contributed by atoms with Gasteiger partial charge >= 0.3 is 0 Å². The van der Waals surface area contributed by atoms with Gasteiger partial charge in [0.25, 0.3) is 5.91 Å². The molecular weight excluding hydrogens is 453 g/mol. The average molecular weight is 472 g/mol. The molecule has 2 aromatic rings. The van der Waals surface area contributed by atoms with Crippen molar-refractivity contribution in [3.8, 4) is 5.75 Å². The smallest absolute Gasteiger partial charge is 0.250 e. The normalized spacial score (nSPS) is 30.7. The number of carbonyl (C=O) groups excluding carboxylic acids is 3. The molecule has 4 aliphatic rings. The van der Waals surface area contributed by atoms with Gasteiger partial charge in [-0.3, -0.25) is 19.3 Å². The Bertz CT molecular complexity index is 1220. The van der Waals surface area contributed by atoms with Crippen LogP contribution in [0.15, 0.2) is 36.4 Å². The molecule has 3 amide bonds. The Hall–Kier alpha value is -2.61. The number of imide groups is 1. The maximum absolute atomic E-state index is 14.0. The molecule has 3 fully saturated rings. The third-order valence-corrected chi connectivity index (χ3v) is 7.91. The minimum absolute atomic E-state index is 0.206. The van der Waals surface area contributed by atoms with Crippen molar-refractivity contribution in [3.05, 3.63) is 52.0 Å².